The van der Waals surface area contributed by atoms with Gasteiger partial charge in [-0.15, -0.1) is 23.1 Å². The van der Waals surface area contributed by atoms with Crippen LogP contribution in [0.4, 0.5) is 4.39 Å². The lowest BCUT2D eigenvalue weighted by atomic mass is 10.2. The lowest BCUT2D eigenvalue weighted by Gasteiger charge is -2.02. The molecular weight excluding hydrogens is 339 g/mol. The quantitative estimate of drug-likeness (QED) is 0.819. The van der Waals surface area contributed by atoms with Crippen molar-refractivity contribution in [2.24, 2.45) is 0 Å². The summed E-state index contributed by atoms with van der Waals surface area (Å²) in [5, 5.41) is 10.8. The van der Waals surface area contributed by atoms with Crippen LogP contribution in [0, 0.1) is 5.82 Å². The molecule has 0 atom stereocenters. The number of thioether (sulfide) groups is 1. The lowest BCUT2D eigenvalue weighted by molar-refractivity contribution is 0.0691. The Morgan fingerprint density at radius 1 is 1.44 bits per heavy atom. The SMILES string of the molecule is O=C(O)c1cc(SCc2cc(Br)cs2)ccc1F. The molecule has 1 aromatic carbocycles. The largest absolute Gasteiger partial charge is 0.478 e. The number of carbonyl (C=O) groups is 1. The standard InChI is InChI=1S/C12H8BrFO2S2/c13-7-3-9(17-5-7)6-18-8-1-2-11(14)10(4-8)12(15)16/h1-5H,6H2,(H,15,16). The summed E-state index contributed by atoms with van der Waals surface area (Å²) in [6.07, 6.45) is 0. The average Bonchev–Trinajstić information content (AvgIpc) is 2.74. The van der Waals surface area contributed by atoms with Crippen molar-refractivity contribution in [2.45, 2.75) is 10.6 Å². The van der Waals surface area contributed by atoms with Crippen LogP contribution in [0.25, 0.3) is 0 Å². The Morgan fingerprint density at radius 2 is 2.22 bits per heavy atom. The molecule has 18 heavy (non-hydrogen) atoms. The summed E-state index contributed by atoms with van der Waals surface area (Å²) in [5.41, 5.74) is -0.285. The summed E-state index contributed by atoms with van der Waals surface area (Å²) in [6.45, 7) is 0. The number of halogens is 2. The van der Waals surface area contributed by atoms with Crippen molar-refractivity contribution in [1.29, 1.82) is 0 Å². The number of carboxylic acids is 1. The van der Waals surface area contributed by atoms with E-state index >= 15 is 0 Å². The molecule has 0 bridgehead atoms. The fraction of sp³-hybridized carbons (Fsp3) is 0.0833. The second-order valence-corrected chi connectivity index (χ2v) is 6.43. The maximum Gasteiger partial charge on any atom is 0.338 e. The molecule has 0 saturated carbocycles. The lowest BCUT2D eigenvalue weighted by Crippen LogP contribution is -2.00. The molecule has 1 aromatic heterocycles. The minimum Gasteiger partial charge on any atom is -0.478 e. The molecule has 1 heterocycles. The highest BCUT2D eigenvalue weighted by atomic mass is 79.9. The summed E-state index contributed by atoms with van der Waals surface area (Å²) in [6, 6.07) is 6.16. The Kier molecular flexibility index (Phi) is 4.42. The predicted octanol–water partition coefficient (Wildman–Crippen LogP) is 4.64. The predicted molar refractivity (Wildman–Crippen MR) is 74.9 cm³/mol. The normalized spacial score (nSPS) is 10.6. The zero-order chi connectivity index (χ0) is 13.1. The molecule has 94 valence electrons. The van der Waals surface area contributed by atoms with Crippen LogP contribution in [0.5, 0.6) is 0 Å². The fourth-order valence-electron chi connectivity index (χ4n) is 1.34. The van der Waals surface area contributed by atoms with E-state index in [0.717, 1.165) is 15.1 Å². The van der Waals surface area contributed by atoms with Gasteiger partial charge in [0.15, 0.2) is 0 Å². The smallest absolute Gasteiger partial charge is 0.338 e. The molecule has 0 aliphatic carbocycles. The van der Waals surface area contributed by atoms with Gasteiger partial charge in [-0.1, -0.05) is 0 Å². The second-order valence-electron chi connectivity index (χ2n) is 3.47. The number of hydrogen-bond donors (Lipinski definition) is 1. The highest BCUT2D eigenvalue weighted by molar-refractivity contribution is 9.10. The van der Waals surface area contributed by atoms with Crippen LogP contribution in [-0.2, 0) is 5.75 Å². The molecule has 0 aliphatic heterocycles. The first-order valence-electron chi connectivity index (χ1n) is 4.95. The summed E-state index contributed by atoms with van der Waals surface area (Å²) >= 11 is 6.48. The van der Waals surface area contributed by atoms with Gasteiger partial charge in [-0.2, -0.15) is 0 Å². The van der Waals surface area contributed by atoms with Crippen molar-refractivity contribution in [3.8, 4) is 0 Å². The number of benzene rings is 1. The van der Waals surface area contributed by atoms with Crippen LogP contribution < -0.4 is 0 Å². The zero-order valence-corrected chi connectivity index (χ0v) is 12.2. The number of hydrogen-bond acceptors (Lipinski definition) is 3. The number of aromatic carboxylic acids is 1. The van der Waals surface area contributed by atoms with Crippen molar-refractivity contribution in [3.63, 3.8) is 0 Å². The van der Waals surface area contributed by atoms with Crippen LogP contribution in [-0.4, -0.2) is 11.1 Å². The summed E-state index contributed by atoms with van der Waals surface area (Å²) in [4.78, 5) is 12.7. The fourth-order valence-corrected chi connectivity index (χ4v) is 3.78. The molecule has 0 spiro atoms. The second kappa shape index (κ2) is 5.86. The Morgan fingerprint density at radius 3 is 2.83 bits per heavy atom. The van der Waals surface area contributed by atoms with Gasteiger partial charge >= 0.3 is 5.97 Å². The van der Waals surface area contributed by atoms with Crippen LogP contribution in [0.3, 0.4) is 0 Å². The Hall–Kier alpha value is -0.850. The van der Waals surface area contributed by atoms with Crippen molar-refractivity contribution >= 4 is 45.0 Å². The first kappa shape index (κ1) is 13.6. The number of carboxylic acid groups (broad SMARTS) is 1. The highest BCUT2D eigenvalue weighted by Crippen LogP contribution is 2.29. The third kappa shape index (κ3) is 3.34. The van der Waals surface area contributed by atoms with Gasteiger partial charge in [-0.05, 0) is 40.2 Å². The van der Waals surface area contributed by atoms with Crippen LogP contribution in [0.15, 0.2) is 39.0 Å². The summed E-state index contributed by atoms with van der Waals surface area (Å²) < 4.78 is 14.2. The van der Waals surface area contributed by atoms with E-state index in [1.807, 2.05) is 11.4 Å². The molecule has 0 amide bonds. The van der Waals surface area contributed by atoms with Crippen molar-refractivity contribution in [3.05, 3.63) is 50.4 Å². The van der Waals surface area contributed by atoms with Gasteiger partial charge in [0.1, 0.15) is 5.82 Å². The van der Waals surface area contributed by atoms with E-state index in [9.17, 15) is 9.18 Å². The number of thiophene rings is 1. The highest BCUT2D eigenvalue weighted by Gasteiger charge is 2.11. The molecular formula is C12H8BrFO2S2. The van der Waals surface area contributed by atoms with E-state index in [4.69, 9.17) is 5.11 Å². The zero-order valence-electron chi connectivity index (χ0n) is 9.02. The third-order valence-corrected chi connectivity index (χ3v) is 5.09. The summed E-state index contributed by atoms with van der Waals surface area (Å²) in [5.74, 6) is -1.21. The monoisotopic (exact) mass is 346 g/mol. The van der Waals surface area contributed by atoms with Gasteiger partial charge in [0.05, 0.1) is 5.56 Å². The van der Waals surface area contributed by atoms with Crippen molar-refractivity contribution in [1.82, 2.24) is 0 Å². The van der Waals surface area contributed by atoms with E-state index in [0.29, 0.717) is 0 Å². The van der Waals surface area contributed by atoms with Crippen LogP contribution in [0.2, 0.25) is 0 Å². The average molecular weight is 347 g/mol. The summed E-state index contributed by atoms with van der Waals surface area (Å²) in [7, 11) is 0. The molecule has 2 rings (SSSR count). The van der Waals surface area contributed by atoms with E-state index in [1.165, 1.54) is 28.8 Å². The van der Waals surface area contributed by atoms with Gasteiger partial charge in [0, 0.05) is 25.4 Å². The van der Waals surface area contributed by atoms with Gasteiger partial charge in [0.25, 0.3) is 0 Å². The molecule has 0 saturated heterocycles. The van der Waals surface area contributed by atoms with E-state index in [-0.39, 0.29) is 5.56 Å². The Bertz CT molecular complexity index is 583. The molecule has 6 heteroatoms. The van der Waals surface area contributed by atoms with Gasteiger partial charge < -0.3 is 5.11 Å². The Labute approximate surface area is 120 Å². The molecule has 2 nitrogen and oxygen atoms in total. The van der Waals surface area contributed by atoms with Crippen LogP contribution in [0.1, 0.15) is 15.2 Å². The van der Waals surface area contributed by atoms with Crippen LogP contribution >= 0.6 is 39.0 Å². The van der Waals surface area contributed by atoms with Gasteiger partial charge in [0.2, 0.25) is 0 Å². The first-order valence-corrected chi connectivity index (χ1v) is 7.60. The van der Waals surface area contributed by atoms with E-state index in [1.54, 1.807) is 17.4 Å². The van der Waals surface area contributed by atoms with E-state index in [2.05, 4.69) is 15.9 Å². The molecule has 0 radical (unpaired) electrons. The van der Waals surface area contributed by atoms with Gasteiger partial charge in [-0.25, -0.2) is 9.18 Å². The first-order chi connectivity index (χ1) is 8.56. The van der Waals surface area contributed by atoms with Gasteiger partial charge in [-0.3, -0.25) is 0 Å². The Balaban J connectivity index is 2.10. The maximum atomic E-state index is 13.2. The van der Waals surface area contributed by atoms with Crippen molar-refractivity contribution < 1.29 is 14.3 Å². The molecule has 2 aromatic rings. The maximum absolute atomic E-state index is 13.2. The minimum atomic E-state index is -1.24. The molecule has 1 N–H and O–H groups in total. The van der Waals surface area contributed by atoms with E-state index < -0.39 is 11.8 Å². The topological polar surface area (TPSA) is 37.3 Å². The number of rotatable bonds is 4. The van der Waals surface area contributed by atoms with Crippen molar-refractivity contribution in [2.75, 3.05) is 0 Å². The minimum absolute atomic E-state index is 0.285. The molecule has 0 fully saturated rings. The molecule has 0 unspecified atom stereocenters. The third-order valence-electron chi connectivity index (χ3n) is 2.17. The molecule has 0 aliphatic rings.